The van der Waals surface area contributed by atoms with Crippen LogP contribution in [0.15, 0.2) is 24.5 Å². The Kier molecular flexibility index (Phi) is 4.55. The summed E-state index contributed by atoms with van der Waals surface area (Å²) >= 11 is 0. The lowest BCUT2D eigenvalue weighted by Gasteiger charge is -2.19. The normalized spacial score (nSPS) is 22.7. The molecule has 1 fully saturated rings. The van der Waals surface area contributed by atoms with Gasteiger partial charge >= 0.3 is 6.18 Å². The number of hydrogen-bond acceptors (Lipinski definition) is 5. The molecule has 9 heteroatoms. The van der Waals surface area contributed by atoms with E-state index in [2.05, 4.69) is 15.1 Å². The van der Waals surface area contributed by atoms with Crippen molar-refractivity contribution >= 4 is 0 Å². The smallest absolute Gasteiger partial charge is 0.390 e. The molecular weight excluding hydrogens is 325 g/mol. The van der Waals surface area contributed by atoms with Gasteiger partial charge in [0.25, 0.3) is 0 Å². The Morgan fingerprint density at radius 3 is 2.62 bits per heavy atom. The predicted molar refractivity (Wildman–Crippen MR) is 78.0 cm³/mol. The zero-order chi connectivity index (χ0) is 17.3. The summed E-state index contributed by atoms with van der Waals surface area (Å²) in [5.74, 6) is 0.0942. The van der Waals surface area contributed by atoms with Crippen LogP contribution in [0.1, 0.15) is 18.8 Å². The first kappa shape index (κ1) is 16.8. The highest BCUT2D eigenvalue weighted by Crippen LogP contribution is 2.32. The minimum Gasteiger partial charge on any atom is -0.390 e. The first-order chi connectivity index (χ1) is 11.4. The van der Waals surface area contributed by atoms with Gasteiger partial charge in [-0.3, -0.25) is 4.98 Å². The largest absolute Gasteiger partial charge is 0.410 e. The van der Waals surface area contributed by atoms with Crippen LogP contribution < -0.4 is 0 Å². The Morgan fingerprint density at radius 1 is 1.33 bits per heavy atom. The fraction of sp³-hybridized carbons (Fsp3) is 0.533. The quantitative estimate of drug-likeness (QED) is 0.920. The lowest BCUT2D eigenvalue weighted by molar-refractivity contribution is -0.166. The SMILES string of the molecule is CC(n1nc(-c2ccncc2)nc1C[C@@H]1COC[C@H]1O)C(F)(F)F. The second-order valence-electron chi connectivity index (χ2n) is 5.82. The van der Waals surface area contributed by atoms with Gasteiger partial charge in [0.15, 0.2) is 5.82 Å². The third-order valence-corrected chi connectivity index (χ3v) is 4.09. The molecule has 0 radical (unpaired) electrons. The molecule has 0 aromatic carbocycles. The van der Waals surface area contributed by atoms with Gasteiger partial charge in [0, 0.05) is 30.3 Å². The van der Waals surface area contributed by atoms with Crippen LogP contribution in [-0.2, 0) is 11.2 Å². The third kappa shape index (κ3) is 3.41. The lowest BCUT2D eigenvalue weighted by Crippen LogP contribution is -2.28. The summed E-state index contributed by atoms with van der Waals surface area (Å²) < 4.78 is 45.5. The molecule has 0 bridgehead atoms. The van der Waals surface area contributed by atoms with E-state index in [0.29, 0.717) is 12.2 Å². The van der Waals surface area contributed by atoms with Gasteiger partial charge in [-0.2, -0.15) is 18.3 Å². The van der Waals surface area contributed by atoms with E-state index in [1.807, 2.05) is 0 Å². The van der Waals surface area contributed by atoms with Gasteiger partial charge < -0.3 is 9.84 Å². The van der Waals surface area contributed by atoms with Crippen LogP contribution in [0, 0.1) is 5.92 Å². The van der Waals surface area contributed by atoms with Gasteiger partial charge in [-0.1, -0.05) is 0 Å². The van der Waals surface area contributed by atoms with Crippen molar-refractivity contribution in [2.75, 3.05) is 13.2 Å². The number of hydrogen-bond donors (Lipinski definition) is 1. The van der Waals surface area contributed by atoms with Crippen LogP contribution in [0.5, 0.6) is 0 Å². The van der Waals surface area contributed by atoms with E-state index in [1.54, 1.807) is 12.1 Å². The molecule has 2 aromatic rings. The average molecular weight is 342 g/mol. The van der Waals surface area contributed by atoms with Crippen LogP contribution >= 0.6 is 0 Å². The van der Waals surface area contributed by atoms with Crippen molar-refractivity contribution in [1.29, 1.82) is 0 Å². The van der Waals surface area contributed by atoms with Crippen LogP contribution in [0.4, 0.5) is 13.2 Å². The average Bonchev–Trinajstić information content (AvgIpc) is 3.14. The van der Waals surface area contributed by atoms with Crippen molar-refractivity contribution in [3.05, 3.63) is 30.4 Å². The summed E-state index contributed by atoms with van der Waals surface area (Å²) in [6.07, 6.45) is -1.93. The maximum atomic E-state index is 13.1. The number of pyridine rings is 1. The first-order valence-electron chi connectivity index (χ1n) is 7.54. The second kappa shape index (κ2) is 6.48. The van der Waals surface area contributed by atoms with Crippen LogP contribution in [-0.4, -0.2) is 50.3 Å². The number of aliphatic hydroxyl groups is 1. The fourth-order valence-corrected chi connectivity index (χ4v) is 2.58. The standard InChI is InChI=1S/C15H17F3N4O2/c1-9(15(16,17)18)22-13(6-11-7-24-8-12(11)23)20-14(21-22)10-2-4-19-5-3-10/h2-5,9,11-12,23H,6-8H2,1H3/t9?,11-,12-/m1/s1. The van der Waals surface area contributed by atoms with Gasteiger partial charge in [-0.15, -0.1) is 0 Å². The first-order valence-corrected chi connectivity index (χ1v) is 7.54. The number of aromatic nitrogens is 4. The topological polar surface area (TPSA) is 73.1 Å². The molecule has 1 N–H and O–H groups in total. The molecule has 1 aliphatic rings. The predicted octanol–water partition coefficient (Wildman–Crippen LogP) is 2.01. The molecule has 2 aromatic heterocycles. The molecule has 3 rings (SSSR count). The molecule has 1 saturated heterocycles. The van der Waals surface area contributed by atoms with Crippen LogP contribution in [0.2, 0.25) is 0 Å². The maximum Gasteiger partial charge on any atom is 0.410 e. The molecule has 130 valence electrons. The van der Waals surface area contributed by atoms with Crippen molar-refractivity contribution in [2.24, 2.45) is 5.92 Å². The number of halogens is 3. The molecular formula is C15H17F3N4O2. The van der Waals surface area contributed by atoms with E-state index in [-0.39, 0.29) is 30.6 Å². The van der Waals surface area contributed by atoms with E-state index in [9.17, 15) is 18.3 Å². The number of nitrogens with zero attached hydrogens (tertiary/aromatic N) is 4. The van der Waals surface area contributed by atoms with Crippen molar-refractivity contribution in [3.8, 4) is 11.4 Å². The Hall–Kier alpha value is -2.00. The highest BCUT2D eigenvalue weighted by Gasteiger charge is 2.40. The molecule has 0 spiro atoms. The van der Waals surface area contributed by atoms with E-state index in [4.69, 9.17) is 4.74 Å². The molecule has 0 amide bonds. The summed E-state index contributed by atoms with van der Waals surface area (Å²) in [4.78, 5) is 8.15. The molecule has 0 saturated carbocycles. The molecule has 3 heterocycles. The minimum absolute atomic E-state index is 0.166. The Bertz CT molecular complexity index is 690. The highest BCUT2D eigenvalue weighted by atomic mass is 19.4. The number of aliphatic hydroxyl groups excluding tert-OH is 1. The summed E-state index contributed by atoms with van der Waals surface area (Å²) in [6.45, 7) is 1.51. The number of rotatable bonds is 4. The van der Waals surface area contributed by atoms with Crippen molar-refractivity contribution < 1.29 is 23.0 Å². The minimum atomic E-state index is -4.44. The van der Waals surface area contributed by atoms with E-state index in [0.717, 1.165) is 11.6 Å². The van der Waals surface area contributed by atoms with Crippen molar-refractivity contribution in [3.63, 3.8) is 0 Å². The van der Waals surface area contributed by atoms with E-state index in [1.165, 1.54) is 12.4 Å². The molecule has 24 heavy (non-hydrogen) atoms. The second-order valence-corrected chi connectivity index (χ2v) is 5.82. The van der Waals surface area contributed by atoms with Crippen molar-refractivity contribution in [1.82, 2.24) is 19.7 Å². The van der Waals surface area contributed by atoms with Gasteiger partial charge in [0.1, 0.15) is 11.9 Å². The summed E-state index contributed by atoms with van der Waals surface area (Å²) in [5.41, 5.74) is 0.586. The van der Waals surface area contributed by atoms with Gasteiger partial charge in [0.2, 0.25) is 0 Å². The Morgan fingerprint density at radius 2 is 2.04 bits per heavy atom. The Labute approximate surface area is 136 Å². The maximum absolute atomic E-state index is 13.1. The molecule has 1 unspecified atom stereocenters. The molecule has 1 aliphatic heterocycles. The number of ether oxygens (including phenoxy) is 1. The summed E-state index contributed by atoms with van der Waals surface area (Å²) in [7, 11) is 0. The molecule has 6 nitrogen and oxygen atoms in total. The molecule has 0 aliphatic carbocycles. The van der Waals surface area contributed by atoms with Crippen LogP contribution in [0.3, 0.4) is 0 Å². The monoisotopic (exact) mass is 342 g/mol. The van der Waals surface area contributed by atoms with E-state index < -0.39 is 18.3 Å². The zero-order valence-corrected chi connectivity index (χ0v) is 12.9. The van der Waals surface area contributed by atoms with E-state index >= 15 is 0 Å². The van der Waals surface area contributed by atoms with Crippen LogP contribution in [0.25, 0.3) is 11.4 Å². The van der Waals surface area contributed by atoms with Crippen molar-refractivity contribution in [2.45, 2.75) is 31.7 Å². The fourth-order valence-electron chi connectivity index (χ4n) is 2.58. The van der Waals surface area contributed by atoms with Gasteiger partial charge in [-0.05, 0) is 19.1 Å². The summed E-state index contributed by atoms with van der Waals surface area (Å²) in [5, 5.41) is 13.9. The summed E-state index contributed by atoms with van der Waals surface area (Å²) in [6, 6.07) is 1.46. The number of alkyl halides is 3. The van der Waals surface area contributed by atoms with Gasteiger partial charge in [0.05, 0.1) is 19.3 Å². The zero-order valence-electron chi connectivity index (χ0n) is 12.9. The third-order valence-electron chi connectivity index (χ3n) is 4.09. The highest BCUT2D eigenvalue weighted by molar-refractivity contribution is 5.53. The Balaban J connectivity index is 1.96. The van der Waals surface area contributed by atoms with Gasteiger partial charge in [-0.25, -0.2) is 9.67 Å². The molecule has 3 atom stereocenters. The lowest BCUT2D eigenvalue weighted by atomic mass is 10.0.